The molecular weight excluding hydrogens is 351 g/mol. The van der Waals surface area contributed by atoms with Crippen LogP contribution in [-0.4, -0.2) is 27.0 Å². The topological polar surface area (TPSA) is 94.8 Å². The van der Waals surface area contributed by atoms with Crippen LogP contribution in [0.2, 0.25) is 0 Å². The molecule has 0 heterocycles. The maximum Gasteiger partial charge on any atom is 0.326 e. The average Bonchev–Trinajstić information content (AvgIpc) is 2.48. The van der Waals surface area contributed by atoms with E-state index < -0.39 is 25.6 Å². The first-order valence-corrected chi connectivity index (χ1v) is 11.0. The molecule has 1 atom stereocenters. The van der Waals surface area contributed by atoms with Crippen LogP contribution in [0.4, 0.5) is 0 Å². The molecule has 26 heavy (non-hydrogen) atoms. The maximum absolute atomic E-state index is 11.1. The van der Waals surface area contributed by atoms with Gasteiger partial charge in [-0.3, -0.25) is 9.36 Å². The molecule has 0 aliphatic rings. The van der Waals surface area contributed by atoms with Gasteiger partial charge < -0.3 is 14.9 Å². The first kappa shape index (κ1) is 24.8. The van der Waals surface area contributed by atoms with Crippen molar-refractivity contribution in [1.29, 1.82) is 0 Å². The van der Waals surface area contributed by atoms with E-state index in [0.717, 1.165) is 32.1 Å². The lowest BCUT2D eigenvalue weighted by atomic mass is 10.0. The minimum Gasteiger partial charge on any atom is -0.481 e. The Balaban J connectivity index is 4.15. The minimum absolute atomic E-state index is 0.285. The van der Waals surface area contributed by atoms with Crippen molar-refractivity contribution in [3.8, 4) is 0 Å². The molecule has 0 aromatic heterocycles. The van der Waals surface area contributed by atoms with Gasteiger partial charge in [0.05, 0.1) is 12.1 Å². The van der Waals surface area contributed by atoms with Gasteiger partial charge in [-0.25, -0.2) is 0 Å². The molecule has 6 heteroatoms. The van der Waals surface area contributed by atoms with E-state index in [-0.39, 0.29) is 6.42 Å². The maximum atomic E-state index is 11.1. The summed E-state index contributed by atoms with van der Waals surface area (Å²) in [4.78, 5) is 28.9. The average molecular weight is 386 g/mol. The lowest BCUT2D eigenvalue weighted by Crippen LogP contribution is -2.18. The highest BCUT2D eigenvalue weighted by atomic mass is 31.2. The van der Waals surface area contributed by atoms with Crippen molar-refractivity contribution in [2.75, 3.05) is 6.16 Å². The van der Waals surface area contributed by atoms with Crippen LogP contribution in [0, 0.1) is 5.92 Å². The van der Waals surface area contributed by atoms with Crippen molar-refractivity contribution >= 4 is 13.6 Å². The summed E-state index contributed by atoms with van der Waals surface area (Å²) in [5.74, 6) is -2.11. The van der Waals surface area contributed by atoms with Gasteiger partial charge in [-0.15, -0.1) is 0 Å². The van der Waals surface area contributed by atoms with Crippen LogP contribution in [0.1, 0.15) is 72.6 Å². The van der Waals surface area contributed by atoms with Crippen LogP contribution in [0.5, 0.6) is 0 Å². The molecule has 5 nitrogen and oxygen atoms in total. The first-order valence-electron chi connectivity index (χ1n) is 9.23. The van der Waals surface area contributed by atoms with E-state index in [9.17, 15) is 9.36 Å². The Bertz CT molecular complexity index is 565. The summed E-state index contributed by atoms with van der Waals surface area (Å²) in [6.07, 6.45) is 11.8. The predicted molar refractivity (Wildman–Crippen MR) is 107 cm³/mol. The third-order valence-corrected chi connectivity index (χ3v) is 5.10. The third-order valence-electron chi connectivity index (χ3n) is 4.18. The molecule has 0 aliphatic heterocycles. The van der Waals surface area contributed by atoms with Gasteiger partial charge >= 0.3 is 13.6 Å². The second-order valence-electron chi connectivity index (χ2n) is 7.27. The molecule has 0 aliphatic carbocycles. The molecular formula is C20H35O5P. The Labute approximate surface area is 158 Å². The second-order valence-corrected chi connectivity index (χ2v) is 8.97. The summed E-state index contributed by atoms with van der Waals surface area (Å²) < 4.78 is 11.0. The van der Waals surface area contributed by atoms with E-state index in [1.807, 2.05) is 0 Å². The standard InChI is InChI=1S/C20H35O5P/c1-16(2)9-7-11-18(4)13-8-12-17(3)10-5-6-14-19(20(21)22)15-26(23,24)25/h9-10,13,19H,5-8,11-12,14-15H2,1-4H3,(H,21,22)(H2,23,24,25). The zero-order valence-electron chi connectivity index (χ0n) is 16.6. The molecule has 0 amide bonds. The predicted octanol–water partition coefficient (Wildman–Crippen LogP) is 5.45. The second kappa shape index (κ2) is 13.1. The van der Waals surface area contributed by atoms with Gasteiger partial charge in [-0.1, -0.05) is 34.9 Å². The SMILES string of the molecule is CC(C)=CCCC(C)=CCCC(C)=CCCCC(CP(=O)(O)O)C(=O)O. The number of rotatable bonds is 13. The van der Waals surface area contributed by atoms with Gasteiger partial charge in [-0.05, 0) is 72.6 Å². The number of unbranched alkanes of at least 4 members (excludes halogenated alkanes) is 1. The number of aliphatic carboxylic acids is 1. The van der Waals surface area contributed by atoms with Crippen molar-refractivity contribution in [2.45, 2.75) is 72.6 Å². The van der Waals surface area contributed by atoms with Crippen molar-refractivity contribution in [3.63, 3.8) is 0 Å². The zero-order valence-corrected chi connectivity index (χ0v) is 17.5. The van der Waals surface area contributed by atoms with Crippen LogP contribution >= 0.6 is 7.60 Å². The van der Waals surface area contributed by atoms with E-state index in [1.54, 1.807) is 0 Å². The number of carbonyl (C=O) groups is 1. The quantitative estimate of drug-likeness (QED) is 0.222. The summed E-state index contributed by atoms with van der Waals surface area (Å²) in [7, 11) is -4.29. The minimum atomic E-state index is -4.29. The highest BCUT2D eigenvalue weighted by Gasteiger charge is 2.26. The molecule has 0 radical (unpaired) electrons. The molecule has 0 aromatic carbocycles. The van der Waals surface area contributed by atoms with E-state index in [2.05, 4.69) is 45.9 Å². The van der Waals surface area contributed by atoms with Crippen LogP contribution in [0.25, 0.3) is 0 Å². The Hall–Kier alpha value is -1.16. The lowest BCUT2D eigenvalue weighted by Gasteiger charge is -2.12. The summed E-state index contributed by atoms with van der Waals surface area (Å²) in [5, 5.41) is 9.04. The number of allylic oxidation sites excluding steroid dienone is 6. The summed E-state index contributed by atoms with van der Waals surface area (Å²) in [6, 6.07) is 0. The van der Waals surface area contributed by atoms with Crippen molar-refractivity contribution in [3.05, 3.63) is 34.9 Å². The third kappa shape index (κ3) is 15.1. The number of hydrogen-bond acceptors (Lipinski definition) is 2. The lowest BCUT2D eigenvalue weighted by molar-refractivity contribution is -0.141. The van der Waals surface area contributed by atoms with Crippen molar-refractivity contribution < 1.29 is 24.3 Å². The monoisotopic (exact) mass is 386 g/mol. The smallest absolute Gasteiger partial charge is 0.326 e. The summed E-state index contributed by atoms with van der Waals surface area (Å²) >= 11 is 0. The van der Waals surface area contributed by atoms with Gasteiger partial charge in [-0.2, -0.15) is 0 Å². The molecule has 0 fully saturated rings. The van der Waals surface area contributed by atoms with Crippen LogP contribution in [0.15, 0.2) is 34.9 Å². The highest BCUT2D eigenvalue weighted by Crippen LogP contribution is 2.38. The van der Waals surface area contributed by atoms with E-state index in [1.165, 1.54) is 16.7 Å². The zero-order chi connectivity index (χ0) is 20.2. The van der Waals surface area contributed by atoms with Gasteiger partial charge in [0.2, 0.25) is 0 Å². The molecule has 0 saturated heterocycles. The van der Waals surface area contributed by atoms with Crippen molar-refractivity contribution in [2.24, 2.45) is 5.92 Å². The fourth-order valence-corrected chi connectivity index (χ4v) is 3.54. The first-order chi connectivity index (χ1) is 12.0. The largest absolute Gasteiger partial charge is 0.481 e. The Morgan fingerprint density at radius 1 is 0.923 bits per heavy atom. The molecule has 3 N–H and O–H groups in total. The van der Waals surface area contributed by atoms with Crippen molar-refractivity contribution in [1.82, 2.24) is 0 Å². The fraction of sp³-hybridized carbons (Fsp3) is 0.650. The number of carboxylic acids is 1. The van der Waals surface area contributed by atoms with E-state index in [0.29, 0.717) is 6.42 Å². The molecule has 0 spiro atoms. The molecule has 0 aromatic rings. The van der Waals surface area contributed by atoms with Gasteiger partial charge in [0.25, 0.3) is 0 Å². The number of hydrogen-bond donors (Lipinski definition) is 3. The summed E-state index contributed by atoms with van der Waals surface area (Å²) in [5.41, 5.74) is 4.01. The van der Waals surface area contributed by atoms with Gasteiger partial charge in [0.15, 0.2) is 0 Å². The fourth-order valence-electron chi connectivity index (χ4n) is 2.63. The van der Waals surface area contributed by atoms with Gasteiger partial charge in [0.1, 0.15) is 0 Å². The van der Waals surface area contributed by atoms with E-state index in [4.69, 9.17) is 14.9 Å². The summed E-state index contributed by atoms with van der Waals surface area (Å²) in [6.45, 7) is 8.44. The molecule has 1 unspecified atom stereocenters. The highest BCUT2D eigenvalue weighted by molar-refractivity contribution is 7.51. The molecule has 150 valence electrons. The molecule has 0 bridgehead atoms. The molecule has 0 saturated carbocycles. The van der Waals surface area contributed by atoms with Crippen LogP contribution in [0.3, 0.4) is 0 Å². The Morgan fingerprint density at radius 2 is 1.42 bits per heavy atom. The van der Waals surface area contributed by atoms with Crippen LogP contribution < -0.4 is 0 Å². The normalized spacial score (nSPS) is 14.2. The Morgan fingerprint density at radius 3 is 1.88 bits per heavy atom. The number of carboxylic acid groups (broad SMARTS) is 1. The molecule has 0 rings (SSSR count). The Kier molecular flexibility index (Phi) is 12.5. The van der Waals surface area contributed by atoms with Gasteiger partial charge in [0, 0.05) is 0 Å². The van der Waals surface area contributed by atoms with Crippen LogP contribution in [-0.2, 0) is 9.36 Å². The van der Waals surface area contributed by atoms with E-state index >= 15 is 0 Å².